The van der Waals surface area contributed by atoms with Crippen LogP contribution in [0, 0.1) is 0 Å². The van der Waals surface area contributed by atoms with Crippen LogP contribution in [0.3, 0.4) is 0 Å². The molecule has 1 heterocycles. The summed E-state index contributed by atoms with van der Waals surface area (Å²) >= 11 is 1.85. The molecule has 1 rings (SSSR count). The molecule has 0 spiro atoms. The molecule has 0 radical (unpaired) electrons. The fourth-order valence-corrected chi connectivity index (χ4v) is 3.22. The number of thiophene rings is 1. The van der Waals surface area contributed by atoms with Crippen molar-refractivity contribution in [2.24, 2.45) is 0 Å². The summed E-state index contributed by atoms with van der Waals surface area (Å²) in [6.45, 7) is 16.1. The van der Waals surface area contributed by atoms with Gasteiger partial charge in [-0.05, 0) is 57.0 Å². The zero-order valence-corrected chi connectivity index (χ0v) is 14.9. The highest BCUT2D eigenvalue weighted by Gasteiger charge is 2.04. The lowest BCUT2D eigenvalue weighted by molar-refractivity contribution is 0.243. The maximum absolute atomic E-state index is 3.56. The Morgan fingerprint density at radius 2 is 1.67 bits per heavy atom. The fraction of sp³-hybridized carbons (Fsp3) is 0.765. The average molecular weight is 312 g/mol. The van der Waals surface area contributed by atoms with Crippen LogP contribution in [0.25, 0.3) is 0 Å². The van der Waals surface area contributed by atoms with Gasteiger partial charge in [-0.25, -0.2) is 0 Å². The maximum Gasteiger partial charge on any atom is 0.0107 e. The second-order valence-corrected chi connectivity index (χ2v) is 6.43. The molecular weight excluding hydrogens is 278 g/mol. The van der Waals surface area contributed by atoms with Gasteiger partial charge in [0.15, 0.2) is 0 Å². The summed E-state index contributed by atoms with van der Waals surface area (Å²) in [5.74, 6) is 0. The molecule has 3 nitrogen and oxygen atoms in total. The lowest BCUT2D eigenvalue weighted by atomic mass is 10.3. The van der Waals surface area contributed by atoms with Gasteiger partial charge in [0.25, 0.3) is 0 Å². The van der Waals surface area contributed by atoms with E-state index in [-0.39, 0.29) is 0 Å². The van der Waals surface area contributed by atoms with Gasteiger partial charge in [0.1, 0.15) is 0 Å². The lowest BCUT2D eigenvalue weighted by Gasteiger charge is -2.23. The topological polar surface area (TPSA) is 18.5 Å². The van der Waals surface area contributed by atoms with E-state index in [0.29, 0.717) is 0 Å². The van der Waals surface area contributed by atoms with Crippen molar-refractivity contribution in [2.45, 2.75) is 33.6 Å². The van der Waals surface area contributed by atoms with Crippen LogP contribution in [0.15, 0.2) is 17.5 Å². The average Bonchev–Trinajstić information content (AvgIpc) is 3.02. The third kappa shape index (κ3) is 8.57. The first-order chi connectivity index (χ1) is 10.3. The van der Waals surface area contributed by atoms with Gasteiger partial charge in [-0.2, -0.15) is 0 Å². The van der Waals surface area contributed by atoms with E-state index >= 15 is 0 Å². The maximum atomic E-state index is 3.56. The molecule has 122 valence electrons. The summed E-state index contributed by atoms with van der Waals surface area (Å²) in [5.41, 5.74) is 0. The second-order valence-electron chi connectivity index (χ2n) is 5.39. The SMILES string of the molecule is CCN(CC)CCCN(CC)CCNCCc1cccs1. The summed E-state index contributed by atoms with van der Waals surface area (Å²) < 4.78 is 0. The van der Waals surface area contributed by atoms with E-state index in [4.69, 9.17) is 0 Å². The van der Waals surface area contributed by atoms with E-state index in [0.717, 1.165) is 26.1 Å². The predicted octanol–water partition coefficient (Wildman–Crippen LogP) is 2.93. The Morgan fingerprint density at radius 1 is 0.952 bits per heavy atom. The largest absolute Gasteiger partial charge is 0.315 e. The third-order valence-corrected chi connectivity index (χ3v) is 4.96. The van der Waals surface area contributed by atoms with Gasteiger partial charge in [-0.15, -0.1) is 11.3 Å². The van der Waals surface area contributed by atoms with Gasteiger partial charge >= 0.3 is 0 Å². The Kier molecular flexibility index (Phi) is 10.8. The number of likely N-dealkylation sites (N-methyl/N-ethyl adjacent to an activating group) is 1. The highest BCUT2D eigenvalue weighted by atomic mass is 32.1. The molecule has 0 fully saturated rings. The summed E-state index contributed by atoms with van der Waals surface area (Å²) in [6, 6.07) is 4.35. The van der Waals surface area contributed by atoms with E-state index in [1.165, 1.54) is 44.0 Å². The van der Waals surface area contributed by atoms with Crippen LogP contribution in [-0.4, -0.2) is 62.2 Å². The van der Waals surface area contributed by atoms with Crippen LogP contribution in [0.1, 0.15) is 32.1 Å². The van der Waals surface area contributed by atoms with Crippen LogP contribution in [-0.2, 0) is 6.42 Å². The summed E-state index contributed by atoms with van der Waals surface area (Å²) in [5, 5.41) is 5.72. The Bertz CT molecular complexity index is 323. The van der Waals surface area contributed by atoms with Crippen molar-refractivity contribution in [3.63, 3.8) is 0 Å². The van der Waals surface area contributed by atoms with Crippen LogP contribution in [0.2, 0.25) is 0 Å². The predicted molar refractivity (Wildman–Crippen MR) is 95.4 cm³/mol. The molecule has 0 saturated heterocycles. The first-order valence-corrected chi connectivity index (χ1v) is 9.35. The second kappa shape index (κ2) is 12.2. The molecule has 1 N–H and O–H groups in total. The molecule has 1 aromatic rings. The van der Waals surface area contributed by atoms with E-state index < -0.39 is 0 Å². The number of nitrogens with zero attached hydrogens (tertiary/aromatic N) is 2. The highest BCUT2D eigenvalue weighted by molar-refractivity contribution is 7.09. The van der Waals surface area contributed by atoms with E-state index in [2.05, 4.69) is 53.4 Å². The van der Waals surface area contributed by atoms with Gasteiger partial charge in [0.2, 0.25) is 0 Å². The molecule has 0 aliphatic rings. The molecule has 0 atom stereocenters. The molecular formula is C17H33N3S. The molecule has 0 amide bonds. The molecule has 0 aromatic carbocycles. The molecule has 1 aromatic heterocycles. The van der Waals surface area contributed by atoms with Gasteiger partial charge in [-0.1, -0.05) is 26.8 Å². The Balaban J connectivity index is 2.02. The van der Waals surface area contributed by atoms with E-state index in [9.17, 15) is 0 Å². The smallest absolute Gasteiger partial charge is 0.0107 e. The van der Waals surface area contributed by atoms with Gasteiger partial charge in [0.05, 0.1) is 0 Å². The van der Waals surface area contributed by atoms with Crippen LogP contribution in [0.5, 0.6) is 0 Å². The summed E-state index contributed by atoms with van der Waals surface area (Å²) in [6.07, 6.45) is 2.44. The molecule has 0 unspecified atom stereocenters. The standard InChI is InChI=1S/C17H33N3S/c1-4-19(5-2)13-8-14-20(6-3)15-12-18-11-10-17-9-7-16-21-17/h7,9,16,18H,4-6,8,10-15H2,1-3H3. The Labute approximate surface area is 135 Å². The molecule has 0 bridgehead atoms. The van der Waals surface area contributed by atoms with Gasteiger partial charge < -0.3 is 15.1 Å². The monoisotopic (exact) mass is 311 g/mol. The summed E-state index contributed by atoms with van der Waals surface area (Å²) in [4.78, 5) is 6.54. The molecule has 21 heavy (non-hydrogen) atoms. The summed E-state index contributed by atoms with van der Waals surface area (Å²) in [7, 11) is 0. The minimum absolute atomic E-state index is 1.09. The van der Waals surface area contributed by atoms with Crippen molar-refractivity contribution in [1.29, 1.82) is 0 Å². The van der Waals surface area contributed by atoms with Crippen LogP contribution in [0.4, 0.5) is 0 Å². The minimum atomic E-state index is 1.09. The Hall–Kier alpha value is -0.420. The zero-order valence-electron chi connectivity index (χ0n) is 14.1. The van der Waals surface area contributed by atoms with Crippen molar-refractivity contribution in [3.8, 4) is 0 Å². The Morgan fingerprint density at radius 3 is 2.29 bits per heavy atom. The fourth-order valence-electron chi connectivity index (χ4n) is 2.51. The molecule has 0 saturated carbocycles. The van der Waals surface area contributed by atoms with E-state index in [1.54, 1.807) is 0 Å². The number of hydrogen-bond acceptors (Lipinski definition) is 4. The minimum Gasteiger partial charge on any atom is -0.315 e. The van der Waals surface area contributed by atoms with Crippen LogP contribution >= 0.6 is 11.3 Å². The first-order valence-electron chi connectivity index (χ1n) is 8.47. The number of hydrogen-bond donors (Lipinski definition) is 1. The van der Waals surface area contributed by atoms with Crippen molar-refractivity contribution in [1.82, 2.24) is 15.1 Å². The van der Waals surface area contributed by atoms with Gasteiger partial charge in [-0.3, -0.25) is 0 Å². The number of nitrogens with one attached hydrogen (secondary N) is 1. The normalized spacial score (nSPS) is 11.7. The van der Waals surface area contributed by atoms with Crippen molar-refractivity contribution in [2.75, 3.05) is 52.4 Å². The highest BCUT2D eigenvalue weighted by Crippen LogP contribution is 2.07. The van der Waals surface area contributed by atoms with Crippen LogP contribution < -0.4 is 5.32 Å². The third-order valence-electron chi connectivity index (χ3n) is 4.02. The lowest BCUT2D eigenvalue weighted by Crippen LogP contribution is -2.35. The van der Waals surface area contributed by atoms with Crippen molar-refractivity contribution in [3.05, 3.63) is 22.4 Å². The quantitative estimate of drug-likeness (QED) is 0.565. The van der Waals surface area contributed by atoms with Crippen molar-refractivity contribution >= 4 is 11.3 Å². The first kappa shape index (κ1) is 18.6. The molecule has 0 aliphatic carbocycles. The zero-order chi connectivity index (χ0) is 15.3. The molecule has 4 heteroatoms. The van der Waals surface area contributed by atoms with Crippen molar-refractivity contribution < 1.29 is 0 Å². The van der Waals surface area contributed by atoms with E-state index in [1.807, 2.05) is 11.3 Å². The van der Waals surface area contributed by atoms with Gasteiger partial charge in [0, 0.05) is 24.5 Å². The number of rotatable bonds is 13. The molecule has 0 aliphatic heterocycles.